The van der Waals surface area contributed by atoms with Gasteiger partial charge in [0.25, 0.3) is 5.91 Å². The molecule has 0 saturated heterocycles. The monoisotopic (exact) mass is 304 g/mol. The summed E-state index contributed by atoms with van der Waals surface area (Å²) in [6.07, 6.45) is 1.74. The third-order valence-corrected chi connectivity index (χ3v) is 3.52. The molecule has 21 heavy (non-hydrogen) atoms. The Bertz CT molecular complexity index is 716. The Morgan fingerprint density at radius 2 is 2.33 bits per heavy atom. The summed E-state index contributed by atoms with van der Waals surface area (Å²) in [5.74, 6) is 3.87. The van der Waals surface area contributed by atoms with Gasteiger partial charge in [-0.05, 0) is 25.1 Å². The lowest BCUT2D eigenvalue weighted by Gasteiger charge is -2.04. The lowest BCUT2D eigenvalue weighted by molar-refractivity contribution is 0.0950. The molecular weight excluding hydrogens is 291 g/mol. The number of carbonyl (C=O) groups is 1. The number of hydrogen-bond donors (Lipinski definition) is 2. The highest BCUT2D eigenvalue weighted by molar-refractivity contribution is 7.11. The first-order valence-corrected chi connectivity index (χ1v) is 7.00. The Hall–Kier alpha value is -2.23. The molecule has 6 heteroatoms. The fourth-order valence-corrected chi connectivity index (χ4v) is 2.36. The highest BCUT2D eigenvalue weighted by Crippen LogP contribution is 2.12. The lowest BCUT2D eigenvalue weighted by atomic mass is 10.1. The predicted molar refractivity (Wildman–Crippen MR) is 78.4 cm³/mol. The maximum Gasteiger partial charge on any atom is 0.251 e. The van der Waals surface area contributed by atoms with Gasteiger partial charge in [0.15, 0.2) is 0 Å². The Morgan fingerprint density at radius 3 is 2.95 bits per heavy atom. The van der Waals surface area contributed by atoms with E-state index in [-0.39, 0.29) is 23.6 Å². The minimum Gasteiger partial charge on any atom is -0.384 e. The largest absolute Gasteiger partial charge is 0.384 e. The van der Waals surface area contributed by atoms with Crippen molar-refractivity contribution >= 4 is 17.2 Å². The number of halogens is 1. The molecule has 2 N–H and O–H groups in total. The van der Waals surface area contributed by atoms with Gasteiger partial charge < -0.3 is 10.4 Å². The number of nitrogens with one attached hydrogen (secondary N) is 1. The standard InChI is InChI=1S/C15H13FN2O2S/c1-10-8-17-14(21-10)9-18-15(20)12-5-4-11(3-2-6-19)13(16)7-12/h4-5,7-8,19H,6,9H2,1H3,(H,18,20). The van der Waals surface area contributed by atoms with Crippen LogP contribution in [-0.2, 0) is 6.54 Å². The van der Waals surface area contributed by atoms with Crippen molar-refractivity contribution in [2.75, 3.05) is 6.61 Å². The fourth-order valence-electron chi connectivity index (χ4n) is 1.63. The van der Waals surface area contributed by atoms with E-state index >= 15 is 0 Å². The number of amides is 1. The number of rotatable bonds is 3. The lowest BCUT2D eigenvalue weighted by Crippen LogP contribution is -2.22. The van der Waals surface area contributed by atoms with Crippen molar-refractivity contribution in [3.05, 3.63) is 51.2 Å². The Kier molecular flexibility index (Phi) is 5.04. The van der Waals surface area contributed by atoms with E-state index in [0.717, 1.165) is 16.0 Å². The molecule has 0 unspecified atom stereocenters. The summed E-state index contributed by atoms with van der Waals surface area (Å²) >= 11 is 1.50. The van der Waals surface area contributed by atoms with Crippen molar-refractivity contribution in [1.29, 1.82) is 0 Å². The first kappa shape index (κ1) is 15.2. The molecular formula is C15H13FN2O2S. The molecule has 1 amide bonds. The number of aryl methyl sites for hydroxylation is 1. The van der Waals surface area contributed by atoms with Crippen LogP contribution in [0, 0.1) is 24.6 Å². The van der Waals surface area contributed by atoms with Crippen molar-refractivity contribution in [3.63, 3.8) is 0 Å². The highest BCUT2D eigenvalue weighted by atomic mass is 32.1. The average Bonchev–Trinajstić information content (AvgIpc) is 2.89. The molecule has 0 atom stereocenters. The summed E-state index contributed by atoms with van der Waals surface area (Å²) in [6.45, 7) is 1.91. The first-order valence-electron chi connectivity index (χ1n) is 6.19. The molecule has 0 fully saturated rings. The zero-order valence-corrected chi connectivity index (χ0v) is 12.1. The average molecular weight is 304 g/mol. The van der Waals surface area contributed by atoms with E-state index < -0.39 is 5.82 Å². The molecule has 1 aromatic heterocycles. The Labute approximate surface area is 125 Å². The van der Waals surface area contributed by atoms with Crippen molar-refractivity contribution in [1.82, 2.24) is 10.3 Å². The zero-order chi connectivity index (χ0) is 15.2. The zero-order valence-electron chi connectivity index (χ0n) is 11.3. The van der Waals surface area contributed by atoms with Gasteiger partial charge in [-0.1, -0.05) is 11.8 Å². The van der Waals surface area contributed by atoms with Crippen molar-refractivity contribution in [2.24, 2.45) is 0 Å². The van der Waals surface area contributed by atoms with Gasteiger partial charge in [0.05, 0.1) is 12.1 Å². The minimum atomic E-state index is -0.589. The second kappa shape index (κ2) is 6.97. The minimum absolute atomic E-state index is 0.149. The molecule has 2 rings (SSSR count). The molecule has 1 heterocycles. The molecule has 0 saturated carbocycles. The SMILES string of the molecule is Cc1cnc(CNC(=O)c2ccc(C#CCO)c(F)c2)s1. The second-order valence-electron chi connectivity index (χ2n) is 4.20. The second-order valence-corrected chi connectivity index (χ2v) is 5.52. The quantitative estimate of drug-likeness (QED) is 0.851. The Balaban J connectivity index is 2.04. The van der Waals surface area contributed by atoms with E-state index in [1.807, 2.05) is 6.92 Å². The Morgan fingerprint density at radius 1 is 1.52 bits per heavy atom. The van der Waals surface area contributed by atoms with E-state index in [0.29, 0.717) is 6.54 Å². The van der Waals surface area contributed by atoms with E-state index in [2.05, 4.69) is 22.1 Å². The van der Waals surface area contributed by atoms with Gasteiger partial charge in [-0.2, -0.15) is 0 Å². The van der Waals surface area contributed by atoms with Crippen LogP contribution >= 0.6 is 11.3 Å². The number of aliphatic hydroxyl groups is 1. The highest BCUT2D eigenvalue weighted by Gasteiger charge is 2.09. The van der Waals surface area contributed by atoms with Gasteiger partial charge in [0, 0.05) is 16.6 Å². The number of carbonyl (C=O) groups excluding carboxylic acids is 1. The van der Waals surface area contributed by atoms with Crippen LogP contribution in [0.5, 0.6) is 0 Å². The van der Waals surface area contributed by atoms with Crippen LogP contribution in [0.2, 0.25) is 0 Å². The molecule has 0 aliphatic heterocycles. The topological polar surface area (TPSA) is 62.2 Å². The maximum atomic E-state index is 13.7. The van der Waals surface area contributed by atoms with Gasteiger partial charge in [-0.25, -0.2) is 9.37 Å². The smallest absolute Gasteiger partial charge is 0.251 e. The molecule has 0 aliphatic carbocycles. The summed E-state index contributed by atoms with van der Waals surface area (Å²) < 4.78 is 13.7. The van der Waals surface area contributed by atoms with E-state index in [1.165, 1.54) is 23.5 Å². The van der Waals surface area contributed by atoms with Crippen LogP contribution in [0.25, 0.3) is 0 Å². The van der Waals surface area contributed by atoms with Gasteiger partial charge in [-0.15, -0.1) is 11.3 Å². The van der Waals surface area contributed by atoms with Crippen LogP contribution < -0.4 is 5.32 Å². The number of aliphatic hydroxyl groups excluding tert-OH is 1. The molecule has 0 radical (unpaired) electrons. The van der Waals surface area contributed by atoms with Crippen LogP contribution in [0.15, 0.2) is 24.4 Å². The number of thiazole rings is 1. The number of hydrogen-bond acceptors (Lipinski definition) is 4. The number of nitrogens with zero attached hydrogens (tertiary/aromatic N) is 1. The summed E-state index contributed by atoms with van der Waals surface area (Å²) in [5, 5.41) is 12.1. The maximum absolute atomic E-state index is 13.7. The first-order chi connectivity index (χ1) is 10.1. The van der Waals surface area contributed by atoms with E-state index in [9.17, 15) is 9.18 Å². The number of benzene rings is 1. The molecule has 2 aromatic rings. The van der Waals surface area contributed by atoms with Gasteiger partial charge in [-0.3, -0.25) is 4.79 Å². The molecule has 0 aliphatic rings. The third-order valence-electron chi connectivity index (χ3n) is 2.60. The fraction of sp³-hybridized carbons (Fsp3) is 0.200. The van der Waals surface area contributed by atoms with Crippen LogP contribution in [-0.4, -0.2) is 22.6 Å². The third kappa shape index (κ3) is 4.12. The van der Waals surface area contributed by atoms with Crippen molar-refractivity contribution < 1.29 is 14.3 Å². The molecule has 108 valence electrons. The van der Waals surface area contributed by atoms with Crippen LogP contribution in [0.3, 0.4) is 0 Å². The summed E-state index contributed by atoms with van der Waals surface area (Å²) in [6, 6.07) is 4.04. The summed E-state index contributed by atoms with van der Waals surface area (Å²) in [4.78, 5) is 17.1. The van der Waals surface area contributed by atoms with Gasteiger partial charge in [0.1, 0.15) is 17.4 Å². The van der Waals surface area contributed by atoms with Gasteiger partial charge >= 0.3 is 0 Å². The predicted octanol–water partition coefficient (Wildman–Crippen LogP) is 1.86. The van der Waals surface area contributed by atoms with Crippen LogP contribution in [0.4, 0.5) is 4.39 Å². The van der Waals surface area contributed by atoms with Crippen LogP contribution in [0.1, 0.15) is 25.8 Å². The van der Waals surface area contributed by atoms with Crippen molar-refractivity contribution in [3.8, 4) is 11.8 Å². The molecule has 0 bridgehead atoms. The summed E-state index contributed by atoms with van der Waals surface area (Å²) in [5.41, 5.74) is 0.367. The van der Waals surface area contributed by atoms with Gasteiger partial charge in [0.2, 0.25) is 0 Å². The van der Waals surface area contributed by atoms with E-state index in [4.69, 9.17) is 5.11 Å². The normalized spacial score (nSPS) is 9.86. The molecule has 4 nitrogen and oxygen atoms in total. The number of aromatic nitrogens is 1. The molecule has 0 spiro atoms. The van der Waals surface area contributed by atoms with Crippen molar-refractivity contribution in [2.45, 2.75) is 13.5 Å². The van der Waals surface area contributed by atoms with E-state index in [1.54, 1.807) is 6.20 Å². The summed E-state index contributed by atoms with van der Waals surface area (Å²) in [7, 11) is 0. The molecule has 1 aromatic carbocycles.